The van der Waals surface area contributed by atoms with Gasteiger partial charge in [-0.05, 0) is 83.2 Å². The van der Waals surface area contributed by atoms with Crippen LogP contribution in [0.15, 0.2) is 181 Å². The number of aromatic nitrogens is 3. The van der Waals surface area contributed by atoms with E-state index in [1.807, 2.05) is 22.6 Å². The predicted molar refractivity (Wildman–Crippen MR) is 221 cm³/mol. The smallest absolute Gasteiger partial charge is 0.263 e. The normalized spacial score (nSPS) is 12.2. The zero-order valence-electron chi connectivity index (χ0n) is 28.5. The summed E-state index contributed by atoms with van der Waals surface area (Å²) in [5.41, 5.74) is 11.2. The van der Waals surface area contributed by atoms with Crippen molar-refractivity contribution >= 4 is 81.6 Å². The highest BCUT2D eigenvalue weighted by Gasteiger charge is 2.19. The van der Waals surface area contributed by atoms with Gasteiger partial charge in [-0.1, -0.05) is 109 Å². The molecule has 0 amide bonds. The summed E-state index contributed by atoms with van der Waals surface area (Å²) < 4.78 is 6.67. The number of nitrogens with zero attached hydrogens (tertiary/aromatic N) is 3. The van der Waals surface area contributed by atoms with Crippen molar-refractivity contribution < 1.29 is 0 Å². The van der Waals surface area contributed by atoms with Gasteiger partial charge in [-0.2, -0.15) is 0 Å². The Hall–Kier alpha value is -7.17. The molecular formula is C49H29N3O. The first kappa shape index (κ1) is 28.5. The maximum atomic E-state index is 13.8. The number of hydrogen-bond acceptors (Lipinski definition) is 1. The molecule has 0 fully saturated rings. The van der Waals surface area contributed by atoms with Crippen molar-refractivity contribution in [2.45, 2.75) is 0 Å². The van der Waals surface area contributed by atoms with Gasteiger partial charge in [0.05, 0.1) is 33.1 Å². The van der Waals surface area contributed by atoms with E-state index in [1.54, 1.807) is 0 Å². The van der Waals surface area contributed by atoms with Crippen molar-refractivity contribution in [2.75, 3.05) is 0 Å². The highest BCUT2D eigenvalue weighted by molar-refractivity contribution is 6.20. The number of para-hydroxylation sites is 4. The van der Waals surface area contributed by atoms with Gasteiger partial charge in [0.25, 0.3) is 5.56 Å². The van der Waals surface area contributed by atoms with E-state index in [1.165, 1.54) is 43.6 Å². The Bertz CT molecular complexity index is 3470. The van der Waals surface area contributed by atoms with Gasteiger partial charge in [-0.15, -0.1) is 0 Å². The second kappa shape index (κ2) is 10.4. The monoisotopic (exact) mass is 675 g/mol. The minimum absolute atomic E-state index is 0.0322. The van der Waals surface area contributed by atoms with Gasteiger partial charge in [0, 0.05) is 54.5 Å². The molecule has 4 nitrogen and oxygen atoms in total. The zero-order chi connectivity index (χ0) is 34.8. The number of benzene rings is 8. The van der Waals surface area contributed by atoms with Crippen LogP contribution in [0.2, 0.25) is 0 Å². The molecule has 0 radical (unpaired) electrons. The van der Waals surface area contributed by atoms with E-state index in [-0.39, 0.29) is 5.56 Å². The van der Waals surface area contributed by atoms with Gasteiger partial charge in [0.15, 0.2) is 0 Å². The first-order valence-electron chi connectivity index (χ1n) is 18.1. The predicted octanol–water partition coefficient (Wildman–Crippen LogP) is 12.1. The molecule has 0 saturated carbocycles. The molecular weight excluding hydrogens is 647 g/mol. The van der Waals surface area contributed by atoms with Crippen LogP contribution in [0.25, 0.3) is 104 Å². The molecule has 0 unspecified atom stereocenters. The van der Waals surface area contributed by atoms with Gasteiger partial charge in [-0.25, -0.2) is 0 Å². The molecule has 53 heavy (non-hydrogen) atoms. The maximum Gasteiger partial charge on any atom is 0.263 e. The summed E-state index contributed by atoms with van der Waals surface area (Å²) >= 11 is 0. The van der Waals surface area contributed by atoms with Crippen molar-refractivity contribution in [3.05, 3.63) is 186 Å². The molecule has 0 atom stereocenters. The van der Waals surface area contributed by atoms with Crippen LogP contribution in [0.3, 0.4) is 0 Å². The van der Waals surface area contributed by atoms with Crippen LogP contribution in [-0.2, 0) is 0 Å². The number of pyridine rings is 1. The van der Waals surface area contributed by atoms with Crippen molar-refractivity contribution in [3.8, 4) is 22.5 Å². The van der Waals surface area contributed by atoms with Crippen LogP contribution < -0.4 is 5.56 Å². The first-order valence-corrected chi connectivity index (χ1v) is 18.1. The van der Waals surface area contributed by atoms with E-state index < -0.39 is 0 Å². The van der Waals surface area contributed by atoms with Crippen molar-refractivity contribution in [1.29, 1.82) is 0 Å². The molecule has 0 aliphatic heterocycles. The van der Waals surface area contributed by atoms with E-state index in [0.29, 0.717) is 0 Å². The lowest BCUT2D eigenvalue weighted by molar-refractivity contribution is 1.17. The van der Waals surface area contributed by atoms with Gasteiger partial charge in [0.2, 0.25) is 0 Å². The van der Waals surface area contributed by atoms with Gasteiger partial charge < -0.3 is 9.13 Å². The summed E-state index contributed by atoms with van der Waals surface area (Å²) in [4.78, 5) is 13.8. The van der Waals surface area contributed by atoms with E-state index in [2.05, 4.69) is 167 Å². The topological polar surface area (TPSA) is 31.3 Å². The molecule has 12 rings (SSSR count). The average Bonchev–Trinajstić information content (AvgIpc) is 3.86. The second-order valence-electron chi connectivity index (χ2n) is 14.1. The van der Waals surface area contributed by atoms with Gasteiger partial charge in [-0.3, -0.25) is 9.20 Å². The Balaban J connectivity index is 1.00. The van der Waals surface area contributed by atoms with Crippen LogP contribution in [-0.4, -0.2) is 13.5 Å². The van der Waals surface area contributed by atoms with Crippen LogP contribution in [0.1, 0.15) is 0 Å². The fraction of sp³-hybridized carbons (Fsp3) is 0. The molecule has 0 bridgehead atoms. The molecule has 12 aromatic rings. The Morgan fingerprint density at radius 2 is 0.755 bits per heavy atom. The molecule has 0 saturated heterocycles. The average molecular weight is 676 g/mol. The molecule has 246 valence electrons. The summed E-state index contributed by atoms with van der Waals surface area (Å²) in [5.74, 6) is 0. The first-order chi connectivity index (χ1) is 26.2. The molecule has 4 aromatic heterocycles. The lowest BCUT2D eigenvalue weighted by atomic mass is 10.0. The van der Waals surface area contributed by atoms with E-state index in [0.717, 1.165) is 60.5 Å². The minimum atomic E-state index is 0.0322. The summed E-state index contributed by atoms with van der Waals surface area (Å²) in [6, 6.07) is 62.6. The van der Waals surface area contributed by atoms with Crippen molar-refractivity contribution in [2.24, 2.45) is 0 Å². The van der Waals surface area contributed by atoms with E-state index in [4.69, 9.17) is 0 Å². The SMILES string of the molecule is O=c1c2ccccc2c2cccc3c4cc(-c5ccc(-n6c7ccccc7c7cc(-n8c9ccccc9c9ccccc98)ccc76)cc5)ccc4n1c23. The molecule has 8 aromatic carbocycles. The van der Waals surface area contributed by atoms with Crippen molar-refractivity contribution in [1.82, 2.24) is 13.5 Å². The Morgan fingerprint density at radius 1 is 0.302 bits per heavy atom. The standard InChI is InChI=1S/C49H29N3O/c53-49-40-14-2-1-10-34(40)38-15-9-16-39-41-28-31(22-26-47(41)52(49)48(38)39)30-20-23-32(24-21-30)50-45-19-8-5-13-37(45)42-29-33(25-27-46(42)50)51-43-17-6-3-11-35(43)36-12-4-7-18-44(36)51/h1-29H. The summed E-state index contributed by atoms with van der Waals surface area (Å²) in [6.07, 6.45) is 0. The Kier molecular flexibility index (Phi) is 5.62. The fourth-order valence-electron chi connectivity index (χ4n) is 9.08. The van der Waals surface area contributed by atoms with Crippen LogP contribution in [0.4, 0.5) is 0 Å². The fourth-order valence-corrected chi connectivity index (χ4v) is 9.08. The Labute approximate surface area is 302 Å². The summed E-state index contributed by atoms with van der Waals surface area (Å²) in [5, 5.41) is 10.0. The van der Waals surface area contributed by atoms with Crippen LogP contribution >= 0.6 is 0 Å². The molecule has 0 spiro atoms. The highest BCUT2D eigenvalue weighted by Crippen LogP contribution is 2.39. The third kappa shape index (κ3) is 3.81. The highest BCUT2D eigenvalue weighted by atomic mass is 16.1. The summed E-state index contributed by atoms with van der Waals surface area (Å²) in [7, 11) is 0. The zero-order valence-corrected chi connectivity index (χ0v) is 28.5. The van der Waals surface area contributed by atoms with Crippen LogP contribution in [0, 0.1) is 0 Å². The second-order valence-corrected chi connectivity index (χ2v) is 14.1. The van der Waals surface area contributed by atoms with Gasteiger partial charge >= 0.3 is 0 Å². The molecule has 0 aliphatic carbocycles. The van der Waals surface area contributed by atoms with E-state index in [9.17, 15) is 4.79 Å². The third-order valence-corrected chi connectivity index (χ3v) is 11.4. The molecule has 0 aliphatic rings. The van der Waals surface area contributed by atoms with Crippen molar-refractivity contribution in [3.63, 3.8) is 0 Å². The third-order valence-electron chi connectivity index (χ3n) is 11.4. The quantitative estimate of drug-likeness (QED) is 0.172. The van der Waals surface area contributed by atoms with E-state index >= 15 is 0 Å². The molecule has 0 N–H and O–H groups in total. The lowest BCUT2D eigenvalue weighted by Crippen LogP contribution is -2.12. The summed E-state index contributed by atoms with van der Waals surface area (Å²) in [6.45, 7) is 0. The maximum absolute atomic E-state index is 13.8. The number of fused-ring (bicyclic) bond motifs is 11. The largest absolute Gasteiger partial charge is 0.309 e. The number of hydrogen-bond donors (Lipinski definition) is 0. The van der Waals surface area contributed by atoms with Crippen LogP contribution in [0.5, 0.6) is 0 Å². The Morgan fingerprint density at radius 3 is 1.43 bits per heavy atom. The molecule has 4 heterocycles. The number of rotatable bonds is 3. The molecule has 4 heteroatoms. The lowest BCUT2D eigenvalue weighted by Gasteiger charge is -2.11. The minimum Gasteiger partial charge on any atom is -0.309 e. The van der Waals surface area contributed by atoms with Gasteiger partial charge in [0.1, 0.15) is 0 Å².